The first-order chi connectivity index (χ1) is 9.63. The van der Waals surface area contributed by atoms with Crippen molar-refractivity contribution in [3.63, 3.8) is 0 Å². The Kier molecular flexibility index (Phi) is 3.51. The molecule has 0 spiro atoms. The van der Waals surface area contributed by atoms with E-state index >= 15 is 0 Å². The van der Waals surface area contributed by atoms with Crippen LogP contribution >= 0.6 is 11.6 Å². The molecule has 1 N–H and O–H groups in total. The molecule has 1 aliphatic heterocycles. The van der Waals surface area contributed by atoms with E-state index in [1.165, 1.54) is 12.1 Å². The Bertz CT molecular complexity index is 645. The fourth-order valence-corrected chi connectivity index (χ4v) is 2.28. The van der Waals surface area contributed by atoms with Gasteiger partial charge in [0.15, 0.2) is 0 Å². The van der Waals surface area contributed by atoms with Gasteiger partial charge in [0.05, 0.1) is 5.02 Å². The van der Waals surface area contributed by atoms with Crippen molar-refractivity contribution in [1.82, 2.24) is 0 Å². The van der Waals surface area contributed by atoms with Crippen molar-refractivity contribution in [3.8, 4) is 11.5 Å². The molecular formula is C15H12ClFO3. The molecule has 3 nitrogen and oxygen atoms in total. The predicted octanol–water partition coefficient (Wildman–Crippen LogP) is 3.48. The summed E-state index contributed by atoms with van der Waals surface area (Å²) in [5.74, 6) is 0.858. The Hall–Kier alpha value is -1.78. The number of ether oxygens (including phenoxy) is 2. The van der Waals surface area contributed by atoms with E-state index < -0.39 is 6.10 Å². The van der Waals surface area contributed by atoms with Gasteiger partial charge in [0.25, 0.3) is 0 Å². The molecule has 0 saturated carbocycles. The summed E-state index contributed by atoms with van der Waals surface area (Å²) < 4.78 is 23.9. The second-order valence-electron chi connectivity index (χ2n) is 4.55. The highest BCUT2D eigenvalue weighted by Crippen LogP contribution is 2.35. The van der Waals surface area contributed by atoms with E-state index in [9.17, 15) is 9.50 Å². The molecule has 0 saturated heterocycles. The third-order valence-electron chi connectivity index (χ3n) is 3.15. The van der Waals surface area contributed by atoms with Crippen molar-refractivity contribution in [2.24, 2.45) is 0 Å². The van der Waals surface area contributed by atoms with Crippen LogP contribution in [-0.2, 0) is 6.61 Å². The van der Waals surface area contributed by atoms with Gasteiger partial charge in [-0.2, -0.15) is 0 Å². The molecule has 0 amide bonds. The zero-order valence-corrected chi connectivity index (χ0v) is 11.2. The van der Waals surface area contributed by atoms with Gasteiger partial charge in [0, 0.05) is 17.2 Å². The minimum Gasteiger partial charge on any atom is -0.490 e. The number of aliphatic hydroxyl groups excluding tert-OH is 1. The SMILES string of the molecule is OC1COc2cc(OCc3ccc(F)cc3Cl)ccc21. The van der Waals surface area contributed by atoms with Crippen molar-refractivity contribution in [1.29, 1.82) is 0 Å². The lowest BCUT2D eigenvalue weighted by molar-refractivity contribution is 0.140. The number of halogens is 2. The molecule has 2 aromatic rings. The summed E-state index contributed by atoms with van der Waals surface area (Å²) in [5, 5.41) is 9.96. The largest absolute Gasteiger partial charge is 0.490 e. The minimum atomic E-state index is -0.578. The van der Waals surface area contributed by atoms with Crippen LogP contribution in [0.25, 0.3) is 0 Å². The van der Waals surface area contributed by atoms with Gasteiger partial charge in [-0.05, 0) is 24.3 Å². The van der Waals surface area contributed by atoms with E-state index in [1.54, 1.807) is 24.3 Å². The topological polar surface area (TPSA) is 38.7 Å². The van der Waals surface area contributed by atoms with Gasteiger partial charge in [0.2, 0.25) is 0 Å². The lowest BCUT2D eigenvalue weighted by Gasteiger charge is -2.09. The number of fused-ring (bicyclic) bond motifs is 1. The summed E-state index contributed by atoms with van der Waals surface area (Å²) in [5.41, 5.74) is 1.46. The normalized spacial score (nSPS) is 16.6. The molecule has 3 rings (SSSR count). The molecule has 104 valence electrons. The smallest absolute Gasteiger partial charge is 0.129 e. The number of benzene rings is 2. The van der Waals surface area contributed by atoms with Gasteiger partial charge in [-0.15, -0.1) is 0 Å². The minimum absolute atomic E-state index is 0.237. The Balaban J connectivity index is 1.73. The molecule has 0 bridgehead atoms. The van der Waals surface area contributed by atoms with E-state index in [1.807, 2.05) is 0 Å². The molecule has 1 aliphatic rings. The molecule has 1 unspecified atom stereocenters. The van der Waals surface area contributed by atoms with Gasteiger partial charge in [-0.1, -0.05) is 17.7 Å². The standard InChI is InChI=1S/C15H12ClFO3/c16-13-5-10(17)2-1-9(13)7-19-11-3-4-12-14(18)8-20-15(12)6-11/h1-6,14,18H,7-8H2. The van der Waals surface area contributed by atoms with Crippen molar-refractivity contribution in [2.45, 2.75) is 12.7 Å². The van der Waals surface area contributed by atoms with Gasteiger partial charge < -0.3 is 14.6 Å². The summed E-state index contributed by atoms with van der Waals surface area (Å²) >= 11 is 5.93. The Morgan fingerprint density at radius 2 is 2.15 bits per heavy atom. The average molecular weight is 295 g/mol. The fraction of sp³-hybridized carbons (Fsp3) is 0.200. The summed E-state index contributed by atoms with van der Waals surface area (Å²) in [6, 6.07) is 9.44. The fourth-order valence-electron chi connectivity index (χ4n) is 2.06. The third-order valence-corrected chi connectivity index (χ3v) is 3.50. The quantitative estimate of drug-likeness (QED) is 0.942. The van der Waals surface area contributed by atoms with Crippen LogP contribution in [0.1, 0.15) is 17.2 Å². The van der Waals surface area contributed by atoms with Crippen molar-refractivity contribution in [2.75, 3.05) is 6.61 Å². The highest BCUT2D eigenvalue weighted by atomic mass is 35.5. The van der Waals surface area contributed by atoms with Crippen LogP contribution in [-0.4, -0.2) is 11.7 Å². The molecule has 5 heteroatoms. The summed E-state index contributed by atoms with van der Waals surface area (Å²) in [7, 11) is 0. The van der Waals surface area contributed by atoms with Crippen LogP contribution in [0.2, 0.25) is 5.02 Å². The average Bonchev–Trinajstić information content (AvgIpc) is 2.79. The summed E-state index contributed by atoms with van der Waals surface area (Å²) in [6.45, 7) is 0.503. The van der Waals surface area contributed by atoms with Crippen molar-refractivity contribution < 1.29 is 19.0 Å². The zero-order chi connectivity index (χ0) is 14.1. The highest BCUT2D eigenvalue weighted by molar-refractivity contribution is 6.31. The van der Waals surface area contributed by atoms with Gasteiger partial charge in [-0.25, -0.2) is 4.39 Å². The van der Waals surface area contributed by atoms with Crippen LogP contribution < -0.4 is 9.47 Å². The molecule has 0 fully saturated rings. The van der Waals surface area contributed by atoms with E-state index in [0.717, 1.165) is 5.56 Å². The second-order valence-corrected chi connectivity index (χ2v) is 4.96. The van der Waals surface area contributed by atoms with Crippen molar-refractivity contribution in [3.05, 3.63) is 58.4 Å². The third kappa shape index (κ3) is 2.57. The number of rotatable bonds is 3. The first-order valence-corrected chi connectivity index (χ1v) is 6.53. The molecule has 0 radical (unpaired) electrons. The molecule has 1 heterocycles. The van der Waals surface area contributed by atoms with Crippen LogP contribution in [0.3, 0.4) is 0 Å². The molecular weight excluding hydrogens is 283 g/mol. The first kappa shape index (κ1) is 13.2. The van der Waals surface area contributed by atoms with E-state index in [-0.39, 0.29) is 19.0 Å². The van der Waals surface area contributed by atoms with Crippen LogP contribution in [0, 0.1) is 5.82 Å². The van der Waals surface area contributed by atoms with E-state index in [0.29, 0.717) is 22.1 Å². The Morgan fingerprint density at radius 1 is 1.30 bits per heavy atom. The number of hydrogen-bond donors (Lipinski definition) is 1. The lowest BCUT2D eigenvalue weighted by Crippen LogP contribution is -1.97. The van der Waals surface area contributed by atoms with E-state index in [4.69, 9.17) is 21.1 Å². The Labute approximate surface area is 120 Å². The van der Waals surface area contributed by atoms with Gasteiger partial charge in [0.1, 0.15) is 36.6 Å². The second kappa shape index (κ2) is 5.31. The number of hydrogen-bond acceptors (Lipinski definition) is 3. The first-order valence-electron chi connectivity index (χ1n) is 6.15. The molecule has 1 atom stereocenters. The maximum absolute atomic E-state index is 12.9. The molecule has 0 aromatic heterocycles. The van der Waals surface area contributed by atoms with Crippen LogP contribution in [0.4, 0.5) is 4.39 Å². The molecule has 20 heavy (non-hydrogen) atoms. The van der Waals surface area contributed by atoms with Crippen molar-refractivity contribution >= 4 is 11.6 Å². The zero-order valence-electron chi connectivity index (χ0n) is 10.5. The highest BCUT2D eigenvalue weighted by Gasteiger charge is 2.22. The monoisotopic (exact) mass is 294 g/mol. The Morgan fingerprint density at radius 3 is 2.95 bits per heavy atom. The van der Waals surface area contributed by atoms with E-state index in [2.05, 4.69) is 0 Å². The van der Waals surface area contributed by atoms with Crippen LogP contribution in [0.15, 0.2) is 36.4 Å². The lowest BCUT2D eigenvalue weighted by atomic mass is 10.1. The summed E-state index contributed by atoms with van der Waals surface area (Å²) in [4.78, 5) is 0. The summed E-state index contributed by atoms with van der Waals surface area (Å²) in [6.07, 6.45) is -0.578. The molecule has 0 aliphatic carbocycles. The van der Waals surface area contributed by atoms with Gasteiger partial charge >= 0.3 is 0 Å². The number of aliphatic hydroxyl groups is 1. The van der Waals surface area contributed by atoms with Crippen LogP contribution in [0.5, 0.6) is 11.5 Å². The maximum atomic E-state index is 12.9. The maximum Gasteiger partial charge on any atom is 0.129 e. The molecule has 2 aromatic carbocycles. The van der Waals surface area contributed by atoms with Gasteiger partial charge in [-0.3, -0.25) is 0 Å². The predicted molar refractivity (Wildman–Crippen MR) is 72.6 cm³/mol.